The lowest BCUT2D eigenvalue weighted by molar-refractivity contribution is 0.0428. The van der Waals surface area contributed by atoms with E-state index >= 15 is 0 Å². The normalized spacial score (nSPS) is 31.2. The summed E-state index contributed by atoms with van der Waals surface area (Å²) in [6.45, 7) is 10.3. The number of nitrogens with one attached hydrogen (secondary N) is 1. The summed E-state index contributed by atoms with van der Waals surface area (Å²) in [4.78, 5) is 0. The molecule has 0 aromatic carbocycles. The van der Waals surface area contributed by atoms with Crippen molar-refractivity contribution in [2.45, 2.75) is 59.0 Å². The van der Waals surface area contributed by atoms with E-state index in [2.05, 4.69) is 38.1 Å². The van der Waals surface area contributed by atoms with Crippen LogP contribution in [0.3, 0.4) is 0 Å². The van der Waals surface area contributed by atoms with Gasteiger partial charge in [0, 0.05) is 20.1 Å². The molecule has 0 aromatic rings. The minimum Gasteiger partial charge on any atom is -0.252 e. The van der Waals surface area contributed by atoms with Gasteiger partial charge in [-0.2, -0.15) is 0 Å². The first-order valence-electron chi connectivity index (χ1n) is 5.71. The molecular weight excluding hydrogens is 160 g/mol. The molecule has 1 saturated heterocycles. The van der Waals surface area contributed by atoms with E-state index in [1.807, 2.05) is 0 Å². The second-order valence-electron chi connectivity index (χ2n) is 4.39. The summed E-state index contributed by atoms with van der Waals surface area (Å²) in [5, 5.41) is 2.39. The Balaban J connectivity index is 0.00000169. The van der Waals surface area contributed by atoms with E-state index in [0.717, 1.165) is 5.92 Å². The first-order chi connectivity index (χ1) is 6.19. The van der Waals surface area contributed by atoms with Crippen LogP contribution in [0.1, 0.15) is 48.4 Å². The minimum absolute atomic E-state index is 0. The van der Waals surface area contributed by atoms with Crippen molar-refractivity contribution in [2.75, 3.05) is 6.54 Å². The summed E-state index contributed by atoms with van der Waals surface area (Å²) >= 11 is 0. The molecule has 0 amide bonds. The van der Waals surface area contributed by atoms with E-state index in [1.54, 1.807) is 0 Å². The first-order valence-corrected chi connectivity index (χ1v) is 5.71. The Morgan fingerprint density at radius 1 is 1.38 bits per heavy atom. The molecule has 1 N–H and O–H groups in total. The molecule has 0 aliphatic carbocycles. The predicted molar refractivity (Wildman–Crippen MR) is 59.6 cm³/mol. The summed E-state index contributed by atoms with van der Waals surface area (Å²) in [5.41, 5.74) is 3.64. The maximum atomic E-state index is 3.64. The Morgan fingerprint density at radius 2 is 2.08 bits per heavy atom. The van der Waals surface area contributed by atoms with Crippen molar-refractivity contribution in [1.29, 1.82) is 0 Å². The Kier molecular flexibility index (Phi) is 4.20. The van der Waals surface area contributed by atoms with Gasteiger partial charge in [-0.25, -0.2) is 5.01 Å². The van der Waals surface area contributed by atoms with Gasteiger partial charge < -0.3 is 0 Å². The van der Waals surface area contributed by atoms with E-state index in [4.69, 9.17) is 0 Å². The van der Waals surface area contributed by atoms with Gasteiger partial charge in [0.1, 0.15) is 0 Å². The van der Waals surface area contributed by atoms with Crippen LogP contribution in [-0.4, -0.2) is 23.6 Å². The Hall–Kier alpha value is -0.0800. The lowest BCUT2D eigenvalue weighted by atomic mass is 9.90. The van der Waals surface area contributed by atoms with E-state index in [9.17, 15) is 0 Å². The molecule has 80 valence electrons. The third kappa shape index (κ3) is 2.68. The standard InChI is InChI=1S/C11H24N2.H2/c1-5-10-7-8-13(9(3)4)12-11(10)6-2;/h9-12H,5-8H2,1-4H3;1H/t10-,11+;/m0./s1. The summed E-state index contributed by atoms with van der Waals surface area (Å²) in [6.07, 6.45) is 3.93. The van der Waals surface area contributed by atoms with Crippen LogP contribution < -0.4 is 5.43 Å². The Morgan fingerprint density at radius 3 is 2.54 bits per heavy atom. The van der Waals surface area contributed by atoms with Gasteiger partial charge in [-0.3, -0.25) is 5.43 Å². The van der Waals surface area contributed by atoms with Crippen LogP contribution in [-0.2, 0) is 0 Å². The molecule has 1 rings (SSSR count). The van der Waals surface area contributed by atoms with Gasteiger partial charge in [0.25, 0.3) is 0 Å². The van der Waals surface area contributed by atoms with Gasteiger partial charge in [0.05, 0.1) is 0 Å². The van der Waals surface area contributed by atoms with Crippen LogP contribution >= 0.6 is 0 Å². The molecule has 0 bridgehead atoms. The van der Waals surface area contributed by atoms with Gasteiger partial charge in [0.15, 0.2) is 0 Å². The van der Waals surface area contributed by atoms with E-state index < -0.39 is 0 Å². The average Bonchev–Trinajstić information content (AvgIpc) is 2.16. The third-order valence-electron chi connectivity index (χ3n) is 3.23. The number of rotatable bonds is 3. The van der Waals surface area contributed by atoms with Gasteiger partial charge >= 0.3 is 0 Å². The molecule has 0 saturated carbocycles. The molecule has 0 radical (unpaired) electrons. The fourth-order valence-electron chi connectivity index (χ4n) is 2.21. The molecule has 13 heavy (non-hydrogen) atoms. The van der Waals surface area contributed by atoms with Gasteiger partial charge in [0.2, 0.25) is 0 Å². The molecule has 0 aromatic heterocycles. The highest BCUT2D eigenvalue weighted by atomic mass is 15.5. The van der Waals surface area contributed by atoms with Crippen LogP contribution in [0.5, 0.6) is 0 Å². The molecule has 1 aliphatic rings. The smallest absolute Gasteiger partial charge is 0.0241 e. The molecular formula is C11H26N2. The number of hydrazine groups is 1. The minimum atomic E-state index is 0. The molecule has 0 unspecified atom stereocenters. The SMILES string of the molecule is CC[C@H]1CCN(C(C)C)N[C@@H]1CC.[HH]. The third-order valence-corrected chi connectivity index (χ3v) is 3.23. The quantitative estimate of drug-likeness (QED) is 0.729. The fourth-order valence-corrected chi connectivity index (χ4v) is 2.21. The van der Waals surface area contributed by atoms with Gasteiger partial charge in [-0.05, 0) is 32.6 Å². The first kappa shape index (κ1) is 11.0. The maximum Gasteiger partial charge on any atom is 0.0241 e. The van der Waals surface area contributed by atoms with Gasteiger partial charge in [-0.1, -0.05) is 20.3 Å². The summed E-state index contributed by atoms with van der Waals surface area (Å²) in [7, 11) is 0. The van der Waals surface area contributed by atoms with E-state index in [1.165, 1.54) is 25.8 Å². The zero-order valence-corrected chi connectivity index (χ0v) is 9.51. The molecule has 2 atom stereocenters. The lowest BCUT2D eigenvalue weighted by Gasteiger charge is -2.41. The van der Waals surface area contributed by atoms with Crippen LogP contribution in [0.2, 0.25) is 0 Å². The van der Waals surface area contributed by atoms with Crippen molar-refractivity contribution in [1.82, 2.24) is 10.4 Å². The molecule has 1 aliphatic heterocycles. The lowest BCUT2D eigenvalue weighted by Crippen LogP contribution is -2.55. The number of hydrogen-bond acceptors (Lipinski definition) is 2. The number of nitrogens with zero attached hydrogens (tertiary/aromatic N) is 1. The predicted octanol–water partition coefficient (Wildman–Crippen LogP) is 2.66. The van der Waals surface area contributed by atoms with Crippen LogP contribution in [0.4, 0.5) is 0 Å². The maximum absolute atomic E-state index is 3.64. The molecule has 2 heteroatoms. The highest BCUT2D eigenvalue weighted by Gasteiger charge is 2.26. The highest BCUT2D eigenvalue weighted by Crippen LogP contribution is 2.21. The summed E-state index contributed by atoms with van der Waals surface area (Å²) in [6, 6.07) is 1.34. The average molecular weight is 186 g/mol. The van der Waals surface area contributed by atoms with Crippen molar-refractivity contribution in [3.63, 3.8) is 0 Å². The van der Waals surface area contributed by atoms with Crippen molar-refractivity contribution in [3.8, 4) is 0 Å². The zero-order chi connectivity index (χ0) is 9.84. The van der Waals surface area contributed by atoms with Crippen molar-refractivity contribution in [3.05, 3.63) is 0 Å². The largest absolute Gasteiger partial charge is 0.252 e. The number of hydrogen-bond donors (Lipinski definition) is 1. The Labute approximate surface area is 84.1 Å². The van der Waals surface area contributed by atoms with Crippen molar-refractivity contribution < 1.29 is 1.43 Å². The van der Waals surface area contributed by atoms with Crippen LogP contribution in [0.15, 0.2) is 0 Å². The topological polar surface area (TPSA) is 15.3 Å². The molecule has 0 spiro atoms. The summed E-state index contributed by atoms with van der Waals surface area (Å²) < 4.78 is 0. The van der Waals surface area contributed by atoms with Crippen molar-refractivity contribution >= 4 is 0 Å². The Bertz CT molecular complexity index is 150. The van der Waals surface area contributed by atoms with Crippen molar-refractivity contribution in [2.24, 2.45) is 5.92 Å². The highest BCUT2D eigenvalue weighted by molar-refractivity contribution is 4.80. The van der Waals surface area contributed by atoms with Crippen LogP contribution in [0.25, 0.3) is 0 Å². The second-order valence-corrected chi connectivity index (χ2v) is 4.39. The van der Waals surface area contributed by atoms with E-state index in [-0.39, 0.29) is 1.43 Å². The van der Waals surface area contributed by atoms with E-state index in [0.29, 0.717) is 12.1 Å². The zero-order valence-electron chi connectivity index (χ0n) is 9.51. The molecule has 1 heterocycles. The fraction of sp³-hybridized carbons (Fsp3) is 1.00. The summed E-state index contributed by atoms with van der Waals surface area (Å²) in [5.74, 6) is 0.889. The molecule has 2 nitrogen and oxygen atoms in total. The second kappa shape index (κ2) is 4.97. The van der Waals surface area contributed by atoms with Gasteiger partial charge in [-0.15, -0.1) is 0 Å². The monoisotopic (exact) mass is 186 g/mol. The molecule has 1 fully saturated rings. The van der Waals surface area contributed by atoms with Crippen LogP contribution in [0, 0.1) is 5.92 Å².